The maximum atomic E-state index is 6.78. The van der Waals surface area contributed by atoms with E-state index >= 15 is 0 Å². The molecule has 138 valence electrons. The molecule has 0 fully saturated rings. The summed E-state index contributed by atoms with van der Waals surface area (Å²) in [7, 11) is 2.15. The Kier molecular flexibility index (Phi) is 4.42. The number of hydrogen-bond acceptors (Lipinski definition) is 3. The third-order valence-corrected chi connectivity index (χ3v) is 6.73. The average molecular weight is 403 g/mol. The van der Waals surface area contributed by atoms with Gasteiger partial charge in [-0.3, -0.25) is 0 Å². The van der Waals surface area contributed by atoms with Crippen LogP contribution in [-0.4, -0.2) is 12.4 Å². The molecular weight excluding hydrogens is 384 g/mol. The number of para-hydroxylation sites is 3. The Morgan fingerprint density at radius 3 is 2.32 bits per heavy atom. The lowest BCUT2D eigenvalue weighted by Crippen LogP contribution is -2.23. The fraction of sp³-hybridized carbons (Fsp3) is 0.0833. The fourth-order valence-electron chi connectivity index (χ4n) is 3.77. The summed E-state index contributed by atoms with van der Waals surface area (Å²) >= 11 is 8.65. The van der Waals surface area contributed by atoms with Gasteiger partial charge in [-0.2, -0.15) is 0 Å². The Balaban J connectivity index is 1.57. The van der Waals surface area contributed by atoms with E-state index in [4.69, 9.17) is 11.6 Å². The number of nitrogens with zero attached hydrogens (tertiary/aromatic N) is 2. The minimum Gasteiger partial charge on any atom is -0.358 e. The highest BCUT2D eigenvalue weighted by molar-refractivity contribution is 8.00. The molecular formula is C24H19ClN2S. The number of likely N-dealkylation sites (N-methyl/N-ethyl adjacent to an activating group) is 1. The van der Waals surface area contributed by atoms with Gasteiger partial charge >= 0.3 is 0 Å². The zero-order valence-corrected chi connectivity index (χ0v) is 17.0. The van der Waals surface area contributed by atoms with Crippen LogP contribution < -0.4 is 9.80 Å². The first-order valence-corrected chi connectivity index (χ1v) is 10.5. The number of benzene rings is 3. The molecule has 2 heterocycles. The summed E-state index contributed by atoms with van der Waals surface area (Å²) in [5.74, 6) is 0. The Morgan fingerprint density at radius 1 is 0.857 bits per heavy atom. The number of thioether (sulfide) groups is 1. The van der Waals surface area contributed by atoms with Crippen molar-refractivity contribution in [1.82, 2.24) is 0 Å². The fourth-order valence-corrected chi connectivity index (χ4v) is 5.31. The highest BCUT2D eigenvalue weighted by Gasteiger charge is 2.28. The molecule has 28 heavy (non-hydrogen) atoms. The largest absolute Gasteiger partial charge is 0.358 e. The normalized spacial score (nSPS) is 19.4. The van der Waals surface area contributed by atoms with E-state index in [1.807, 2.05) is 30.0 Å². The Bertz CT molecular complexity index is 1090. The monoisotopic (exact) mass is 402 g/mol. The minimum absolute atomic E-state index is 0.240. The van der Waals surface area contributed by atoms with Gasteiger partial charge in [0.15, 0.2) is 0 Å². The molecule has 0 aliphatic carbocycles. The van der Waals surface area contributed by atoms with Crippen molar-refractivity contribution in [2.45, 2.75) is 10.3 Å². The molecule has 2 aliphatic rings. The molecule has 0 bridgehead atoms. The number of fused-ring (bicyclic) bond motifs is 2. The van der Waals surface area contributed by atoms with E-state index in [-0.39, 0.29) is 5.37 Å². The maximum absolute atomic E-state index is 6.78. The number of halogens is 1. The SMILES string of the molecule is CN1c2ccccc2SC1/C=C1/C=C(Cl)N(c2ccccc2)c2ccccc21. The Labute approximate surface area is 174 Å². The smallest absolute Gasteiger partial charge is 0.114 e. The minimum atomic E-state index is 0.240. The van der Waals surface area contributed by atoms with E-state index < -0.39 is 0 Å². The van der Waals surface area contributed by atoms with Crippen LogP contribution in [0.4, 0.5) is 17.1 Å². The molecule has 0 amide bonds. The summed E-state index contributed by atoms with van der Waals surface area (Å²) in [5, 5.41) is 0.948. The van der Waals surface area contributed by atoms with Gasteiger partial charge in [0, 0.05) is 23.2 Å². The molecule has 0 saturated heterocycles. The van der Waals surface area contributed by atoms with Gasteiger partial charge in [0.25, 0.3) is 0 Å². The molecule has 0 saturated carbocycles. The molecule has 0 radical (unpaired) electrons. The lowest BCUT2D eigenvalue weighted by atomic mass is 9.98. The molecule has 4 heteroatoms. The lowest BCUT2D eigenvalue weighted by molar-refractivity contribution is 0.991. The summed E-state index contributed by atoms with van der Waals surface area (Å²) in [4.78, 5) is 5.74. The van der Waals surface area contributed by atoms with Crippen molar-refractivity contribution in [1.29, 1.82) is 0 Å². The summed E-state index contributed by atoms with van der Waals surface area (Å²) in [6.45, 7) is 0. The second-order valence-corrected chi connectivity index (χ2v) is 8.41. The predicted octanol–water partition coefficient (Wildman–Crippen LogP) is 6.87. The Hall–Kier alpha value is -2.62. The first-order valence-electron chi connectivity index (χ1n) is 9.24. The molecule has 3 aromatic rings. The van der Waals surface area contributed by atoms with Gasteiger partial charge in [-0.25, -0.2) is 0 Å². The molecule has 5 rings (SSSR count). The van der Waals surface area contributed by atoms with Crippen LogP contribution >= 0.6 is 23.4 Å². The molecule has 1 atom stereocenters. The van der Waals surface area contributed by atoms with Crippen LogP contribution in [-0.2, 0) is 0 Å². The van der Waals surface area contributed by atoms with Crippen LogP contribution in [0.25, 0.3) is 5.57 Å². The summed E-state index contributed by atoms with van der Waals surface area (Å²) in [6, 6.07) is 27.3. The number of allylic oxidation sites excluding steroid dienone is 2. The average Bonchev–Trinajstić information content (AvgIpc) is 3.04. The number of rotatable bonds is 2. The van der Waals surface area contributed by atoms with E-state index in [0.717, 1.165) is 16.9 Å². The topological polar surface area (TPSA) is 6.48 Å². The van der Waals surface area contributed by atoms with Gasteiger partial charge in [-0.05, 0) is 48.1 Å². The second-order valence-electron chi connectivity index (χ2n) is 6.86. The van der Waals surface area contributed by atoms with Crippen molar-refractivity contribution >= 4 is 46.0 Å². The number of anilines is 3. The van der Waals surface area contributed by atoms with Crippen molar-refractivity contribution < 1.29 is 0 Å². The predicted molar refractivity (Wildman–Crippen MR) is 121 cm³/mol. The van der Waals surface area contributed by atoms with E-state index in [1.165, 1.54) is 16.1 Å². The van der Waals surface area contributed by atoms with E-state index in [0.29, 0.717) is 5.16 Å². The van der Waals surface area contributed by atoms with E-state index in [9.17, 15) is 0 Å². The maximum Gasteiger partial charge on any atom is 0.114 e. The summed E-state index contributed by atoms with van der Waals surface area (Å²) in [6.07, 6.45) is 4.39. The quantitative estimate of drug-likeness (QED) is 0.432. The number of hydrogen-bond donors (Lipinski definition) is 0. The second kappa shape index (κ2) is 7.08. The molecule has 1 unspecified atom stereocenters. The summed E-state index contributed by atoms with van der Waals surface area (Å²) in [5.41, 5.74) is 5.80. The third kappa shape index (κ3) is 2.92. The zero-order chi connectivity index (χ0) is 19.1. The molecule has 3 aromatic carbocycles. The van der Waals surface area contributed by atoms with Crippen LogP contribution in [0, 0.1) is 0 Å². The van der Waals surface area contributed by atoms with Crippen molar-refractivity contribution in [3.63, 3.8) is 0 Å². The van der Waals surface area contributed by atoms with Crippen LogP contribution in [0.15, 0.2) is 101 Å². The molecule has 0 spiro atoms. The highest BCUT2D eigenvalue weighted by Crippen LogP contribution is 2.46. The van der Waals surface area contributed by atoms with Gasteiger partial charge in [-0.1, -0.05) is 71.9 Å². The van der Waals surface area contributed by atoms with Gasteiger partial charge in [-0.15, -0.1) is 0 Å². The Morgan fingerprint density at radius 2 is 1.54 bits per heavy atom. The molecule has 2 nitrogen and oxygen atoms in total. The summed E-state index contributed by atoms with van der Waals surface area (Å²) < 4.78 is 0. The highest BCUT2D eigenvalue weighted by atomic mass is 35.5. The van der Waals surface area contributed by atoms with E-state index in [2.05, 4.69) is 89.7 Å². The van der Waals surface area contributed by atoms with Crippen LogP contribution in [0.2, 0.25) is 0 Å². The van der Waals surface area contributed by atoms with Crippen LogP contribution in [0.3, 0.4) is 0 Å². The van der Waals surface area contributed by atoms with E-state index in [1.54, 1.807) is 0 Å². The molecule has 2 aliphatic heterocycles. The standard InChI is InChI=1S/C24H19ClN2S/c1-26-21-13-7-8-14-22(21)28-24(26)16-17-15-23(25)27(18-9-3-2-4-10-18)20-12-6-5-11-19(17)20/h2-16,24H,1H3/b17-16-. The van der Waals surface area contributed by atoms with Crippen molar-refractivity contribution in [3.05, 3.63) is 102 Å². The first kappa shape index (κ1) is 17.5. The first-order chi connectivity index (χ1) is 13.7. The third-order valence-electron chi connectivity index (χ3n) is 5.16. The molecule has 0 N–H and O–H groups in total. The van der Waals surface area contributed by atoms with Crippen LogP contribution in [0.5, 0.6) is 0 Å². The molecule has 0 aromatic heterocycles. The van der Waals surface area contributed by atoms with Crippen molar-refractivity contribution in [2.75, 3.05) is 16.8 Å². The lowest BCUT2D eigenvalue weighted by Gasteiger charge is -2.31. The zero-order valence-electron chi connectivity index (χ0n) is 15.4. The van der Waals surface area contributed by atoms with Gasteiger partial charge in [0.1, 0.15) is 5.16 Å². The van der Waals surface area contributed by atoms with Gasteiger partial charge in [0.05, 0.1) is 16.7 Å². The van der Waals surface area contributed by atoms with Gasteiger partial charge in [0.2, 0.25) is 0 Å². The van der Waals surface area contributed by atoms with Gasteiger partial charge < -0.3 is 9.80 Å². The van der Waals surface area contributed by atoms with Crippen molar-refractivity contribution in [3.8, 4) is 0 Å². The van der Waals surface area contributed by atoms with Crippen LogP contribution in [0.1, 0.15) is 5.56 Å². The van der Waals surface area contributed by atoms with Crippen molar-refractivity contribution in [2.24, 2.45) is 0 Å².